The third-order valence-corrected chi connectivity index (χ3v) is 8.30. The van der Waals surface area contributed by atoms with Gasteiger partial charge in [0, 0.05) is 18.9 Å². The number of hydrogen-bond acceptors (Lipinski definition) is 6. The first-order chi connectivity index (χ1) is 15.9. The van der Waals surface area contributed by atoms with Gasteiger partial charge < -0.3 is 10.1 Å². The maximum absolute atomic E-state index is 12.9. The van der Waals surface area contributed by atoms with Crippen LogP contribution in [0.15, 0.2) is 82.6 Å². The second-order valence-corrected chi connectivity index (χ2v) is 11.7. The minimum Gasteiger partial charge on any atom is -0.497 e. The summed E-state index contributed by atoms with van der Waals surface area (Å²) in [5, 5.41) is 2.85. The first-order valence-corrected chi connectivity index (χ1v) is 13.6. The second-order valence-electron chi connectivity index (χ2n) is 7.73. The highest BCUT2D eigenvalue weighted by atomic mass is 32.2. The van der Waals surface area contributed by atoms with E-state index in [0.717, 1.165) is 16.1 Å². The topological polar surface area (TPSA) is 110 Å². The molecule has 0 heterocycles. The van der Waals surface area contributed by atoms with Crippen molar-refractivity contribution in [1.29, 1.82) is 0 Å². The molecule has 0 aliphatic rings. The number of benzene rings is 3. The minimum atomic E-state index is -3.78. The molecule has 1 amide bonds. The molecule has 0 fully saturated rings. The van der Waals surface area contributed by atoms with Gasteiger partial charge in [-0.25, -0.2) is 16.8 Å². The van der Waals surface area contributed by atoms with Crippen molar-refractivity contribution in [3.8, 4) is 5.75 Å². The quantitative estimate of drug-likeness (QED) is 0.506. The number of carbonyl (C=O) groups is 1. The van der Waals surface area contributed by atoms with Crippen molar-refractivity contribution >= 4 is 31.5 Å². The number of methoxy groups -OCH3 is 1. The summed E-state index contributed by atoms with van der Waals surface area (Å²) in [4.78, 5) is 13.0. The molecule has 0 saturated carbocycles. The first-order valence-electron chi connectivity index (χ1n) is 10.3. The van der Waals surface area contributed by atoms with E-state index in [4.69, 9.17) is 4.74 Å². The van der Waals surface area contributed by atoms with E-state index in [9.17, 15) is 21.6 Å². The van der Waals surface area contributed by atoms with Crippen LogP contribution in [-0.4, -0.2) is 43.2 Å². The third kappa shape index (κ3) is 5.57. The molecule has 0 aromatic heterocycles. The molecule has 0 radical (unpaired) electrons. The number of nitrogens with one attached hydrogen (secondary N) is 1. The summed E-state index contributed by atoms with van der Waals surface area (Å²) < 4.78 is 55.2. The molecule has 0 spiro atoms. The number of amides is 1. The van der Waals surface area contributed by atoms with E-state index in [-0.39, 0.29) is 21.7 Å². The van der Waals surface area contributed by atoms with Crippen molar-refractivity contribution in [2.45, 2.75) is 22.8 Å². The van der Waals surface area contributed by atoms with Crippen molar-refractivity contribution in [2.75, 3.05) is 24.7 Å². The van der Waals surface area contributed by atoms with Crippen LogP contribution >= 0.6 is 0 Å². The lowest BCUT2D eigenvalue weighted by molar-refractivity contribution is 0.0940. The number of carbonyl (C=O) groups excluding carboxylic acids is 1. The Labute approximate surface area is 200 Å². The van der Waals surface area contributed by atoms with Gasteiger partial charge >= 0.3 is 0 Å². The molecule has 34 heavy (non-hydrogen) atoms. The van der Waals surface area contributed by atoms with Crippen LogP contribution in [0.4, 0.5) is 5.69 Å². The fourth-order valence-corrected chi connectivity index (χ4v) is 5.06. The van der Waals surface area contributed by atoms with E-state index in [1.165, 1.54) is 38.4 Å². The molecular weight excluding hydrogens is 476 g/mol. The van der Waals surface area contributed by atoms with Gasteiger partial charge in [-0.2, -0.15) is 0 Å². The van der Waals surface area contributed by atoms with Gasteiger partial charge in [-0.1, -0.05) is 12.1 Å². The van der Waals surface area contributed by atoms with E-state index in [1.54, 1.807) is 55.5 Å². The van der Waals surface area contributed by atoms with Crippen molar-refractivity contribution in [3.05, 3.63) is 83.9 Å². The fraction of sp³-hybridized carbons (Fsp3) is 0.208. The van der Waals surface area contributed by atoms with Gasteiger partial charge in [0.1, 0.15) is 5.75 Å². The Morgan fingerprint density at radius 2 is 1.38 bits per heavy atom. The van der Waals surface area contributed by atoms with Gasteiger partial charge in [0.25, 0.3) is 15.9 Å². The van der Waals surface area contributed by atoms with E-state index in [0.29, 0.717) is 17.0 Å². The monoisotopic (exact) mass is 502 g/mol. The average Bonchev–Trinajstić information content (AvgIpc) is 2.83. The van der Waals surface area contributed by atoms with Crippen molar-refractivity contribution < 1.29 is 26.4 Å². The van der Waals surface area contributed by atoms with Crippen LogP contribution in [0.25, 0.3) is 0 Å². The molecular formula is C24H26N2O6S2. The molecule has 3 rings (SSSR count). The largest absolute Gasteiger partial charge is 0.497 e. The van der Waals surface area contributed by atoms with Crippen molar-refractivity contribution in [1.82, 2.24) is 5.32 Å². The zero-order valence-electron chi connectivity index (χ0n) is 19.2. The number of sulfonamides is 1. The van der Waals surface area contributed by atoms with Gasteiger partial charge in [-0.3, -0.25) is 9.10 Å². The SMILES string of the molecule is COc1ccc(S(=O)(=O)N(C)c2ccc(C(=O)NC(C)c3ccc(S(C)(=O)=O)cc3)cc2)cc1. The standard InChI is InChI=1S/C24H26N2O6S2/c1-17(18-7-13-22(14-8-18)33(4,28)29)25-24(27)19-5-9-20(10-6-19)26(2)34(30,31)23-15-11-21(32-3)12-16-23/h5-17H,1-4H3,(H,25,27). The molecule has 10 heteroatoms. The van der Waals surface area contributed by atoms with E-state index < -0.39 is 19.9 Å². The predicted octanol–water partition coefficient (Wildman–Crippen LogP) is 3.41. The summed E-state index contributed by atoms with van der Waals surface area (Å²) in [6.45, 7) is 1.79. The molecule has 1 N–H and O–H groups in total. The molecule has 0 bridgehead atoms. The van der Waals surface area contributed by atoms with Crippen LogP contribution in [0.1, 0.15) is 28.9 Å². The molecule has 1 unspecified atom stereocenters. The fourth-order valence-electron chi connectivity index (χ4n) is 3.23. The maximum atomic E-state index is 12.9. The number of hydrogen-bond donors (Lipinski definition) is 1. The summed E-state index contributed by atoms with van der Waals surface area (Å²) in [7, 11) is -4.13. The molecule has 180 valence electrons. The van der Waals surface area contributed by atoms with E-state index in [1.807, 2.05) is 0 Å². The Morgan fingerprint density at radius 1 is 0.853 bits per heavy atom. The Kier molecular flexibility index (Phi) is 7.32. The summed E-state index contributed by atoms with van der Waals surface area (Å²) in [5.41, 5.74) is 1.51. The Morgan fingerprint density at radius 3 is 1.88 bits per heavy atom. The lowest BCUT2D eigenvalue weighted by Gasteiger charge is -2.20. The second kappa shape index (κ2) is 9.86. The summed E-state index contributed by atoms with van der Waals surface area (Å²) in [6, 6.07) is 18.2. The maximum Gasteiger partial charge on any atom is 0.264 e. The molecule has 0 aliphatic heterocycles. The molecule has 3 aromatic rings. The van der Waals surface area contributed by atoms with Crippen LogP contribution in [0.2, 0.25) is 0 Å². The summed E-state index contributed by atoms with van der Waals surface area (Å²) in [5.74, 6) is 0.212. The molecule has 0 saturated heterocycles. The number of ether oxygens (including phenoxy) is 1. The van der Waals surface area contributed by atoms with E-state index >= 15 is 0 Å². The Hall–Kier alpha value is -3.37. The van der Waals surface area contributed by atoms with E-state index in [2.05, 4.69) is 5.32 Å². The van der Waals surface area contributed by atoms with Crippen LogP contribution in [-0.2, 0) is 19.9 Å². The zero-order chi connectivity index (χ0) is 25.1. The number of sulfone groups is 1. The van der Waals surface area contributed by atoms with Crippen LogP contribution < -0.4 is 14.4 Å². The van der Waals surface area contributed by atoms with Crippen LogP contribution in [0.3, 0.4) is 0 Å². The highest BCUT2D eigenvalue weighted by Gasteiger charge is 2.22. The van der Waals surface area contributed by atoms with Crippen molar-refractivity contribution in [3.63, 3.8) is 0 Å². The molecule has 1 atom stereocenters. The van der Waals surface area contributed by atoms with Crippen LogP contribution in [0.5, 0.6) is 5.75 Å². The highest BCUT2D eigenvalue weighted by Crippen LogP contribution is 2.24. The van der Waals surface area contributed by atoms with Gasteiger partial charge in [0.15, 0.2) is 9.84 Å². The lowest BCUT2D eigenvalue weighted by atomic mass is 10.1. The molecule has 0 aliphatic carbocycles. The van der Waals surface area contributed by atoms with Crippen LogP contribution in [0, 0.1) is 0 Å². The van der Waals surface area contributed by atoms with Gasteiger partial charge in [0.05, 0.1) is 28.6 Å². The normalized spacial score (nSPS) is 12.6. The lowest BCUT2D eigenvalue weighted by Crippen LogP contribution is -2.28. The number of anilines is 1. The smallest absolute Gasteiger partial charge is 0.264 e. The number of rotatable bonds is 8. The summed E-state index contributed by atoms with van der Waals surface area (Å²) >= 11 is 0. The van der Waals surface area contributed by atoms with Crippen molar-refractivity contribution in [2.24, 2.45) is 0 Å². The predicted molar refractivity (Wildman–Crippen MR) is 130 cm³/mol. The van der Waals surface area contributed by atoms with Gasteiger partial charge in [0.2, 0.25) is 0 Å². The average molecular weight is 503 g/mol. The Balaban J connectivity index is 1.71. The molecule has 8 nitrogen and oxygen atoms in total. The molecule has 3 aromatic carbocycles. The zero-order valence-corrected chi connectivity index (χ0v) is 20.9. The Bertz CT molecular complexity index is 1370. The highest BCUT2D eigenvalue weighted by molar-refractivity contribution is 7.92. The minimum absolute atomic E-state index is 0.119. The first kappa shape index (κ1) is 25.3. The van der Waals surface area contributed by atoms with Gasteiger partial charge in [-0.05, 0) is 73.2 Å². The number of nitrogens with zero attached hydrogens (tertiary/aromatic N) is 1. The van der Waals surface area contributed by atoms with Gasteiger partial charge in [-0.15, -0.1) is 0 Å². The third-order valence-electron chi connectivity index (χ3n) is 5.37. The summed E-state index contributed by atoms with van der Waals surface area (Å²) in [6.07, 6.45) is 1.14.